The molecule has 12 rings (SSSR count). The van der Waals surface area contributed by atoms with Crippen molar-refractivity contribution in [2.45, 2.75) is 0 Å². The van der Waals surface area contributed by atoms with Gasteiger partial charge in [0, 0.05) is 0 Å². The first-order valence-electron chi connectivity index (χ1n) is 26.4. The second-order valence-electron chi connectivity index (χ2n) is 19.5. The molecule has 0 unspecified atom stereocenters. The summed E-state index contributed by atoms with van der Waals surface area (Å²) in [5, 5.41) is 0. The molecule has 0 aliphatic carbocycles. The van der Waals surface area contributed by atoms with Crippen molar-refractivity contribution in [3.8, 4) is 0 Å². The van der Waals surface area contributed by atoms with Gasteiger partial charge in [-0.25, -0.2) is 0 Å². The van der Waals surface area contributed by atoms with E-state index in [1.807, 2.05) is 0 Å². The van der Waals surface area contributed by atoms with Crippen LogP contribution in [0.5, 0.6) is 0 Å². The molecule has 0 aliphatic heterocycles. The number of hydrogen-bond acceptors (Lipinski definition) is 0. The average Bonchev–Trinajstić information content (AvgIpc) is 3.54. The van der Waals surface area contributed by atoms with Gasteiger partial charge in [-0.05, 0) is 0 Å². The van der Waals surface area contributed by atoms with Crippen molar-refractivity contribution in [1.29, 1.82) is 0 Å². The SMILES string of the molecule is [Cr+3].c1ccc([B-](c2ccccc2)(c2ccccc2)c2ccccc2)cc1.c1ccc([B-](c2ccccc2)(c2ccccc2)c2ccccc2)cc1.c1ccc([B-](c2ccccc2)(c2ccccc2)c2ccccc2)cc1. The predicted octanol–water partition coefficient (Wildman–Crippen LogP) is 9.19. The van der Waals surface area contributed by atoms with Crippen LogP contribution in [0, 0.1) is 0 Å². The number of benzene rings is 12. The molecule has 0 bridgehead atoms. The van der Waals surface area contributed by atoms with E-state index in [0.29, 0.717) is 0 Å². The Bertz CT molecular complexity index is 2650. The Labute approximate surface area is 462 Å². The monoisotopic (exact) mass is 1010 g/mol. The van der Waals surface area contributed by atoms with Crippen LogP contribution in [-0.4, -0.2) is 18.4 Å². The van der Waals surface area contributed by atoms with E-state index in [1.165, 1.54) is 65.6 Å². The van der Waals surface area contributed by atoms with Crippen LogP contribution < -0.4 is 65.6 Å². The Hall–Kier alpha value is -8.63. The summed E-state index contributed by atoms with van der Waals surface area (Å²) in [5.41, 5.74) is 16.1. The van der Waals surface area contributed by atoms with E-state index in [0.717, 1.165) is 0 Å². The van der Waals surface area contributed by atoms with Crippen molar-refractivity contribution in [2.75, 3.05) is 0 Å². The van der Waals surface area contributed by atoms with Gasteiger partial charge in [-0.2, -0.15) is 65.6 Å². The zero-order valence-electron chi connectivity index (χ0n) is 42.8. The maximum Gasteiger partial charge on any atom is 3.00 e. The van der Waals surface area contributed by atoms with E-state index < -0.39 is 18.4 Å². The molecule has 0 saturated heterocycles. The Morgan fingerprint density at radius 3 is 0.237 bits per heavy atom. The van der Waals surface area contributed by atoms with Gasteiger partial charge in [0.25, 0.3) is 0 Å². The summed E-state index contributed by atoms with van der Waals surface area (Å²) in [7, 11) is 0. The normalized spacial score (nSPS) is 11.1. The zero-order chi connectivity index (χ0) is 50.9. The van der Waals surface area contributed by atoms with Gasteiger partial charge >= 0.3 is 17.4 Å². The Morgan fingerprint density at radius 2 is 0.171 bits per heavy atom. The summed E-state index contributed by atoms with van der Waals surface area (Å²) in [6, 6.07) is 131. The molecule has 0 saturated carbocycles. The fourth-order valence-corrected chi connectivity index (χ4v) is 12.4. The van der Waals surface area contributed by atoms with Crippen LogP contribution in [0.2, 0.25) is 0 Å². The summed E-state index contributed by atoms with van der Waals surface area (Å²) < 4.78 is 0. The van der Waals surface area contributed by atoms with Gasteiger partial charge in [-0.1, -0.05) is 364 Å². The molecule has 0 spiro atoms. The summed E-state index contributed by atoms with van der Waals surface area (Å²) in [6.45, 7) is 0. The molecule has 363 valence electrons. The second kappa shape index (κ2) is 25.5. The van der Waals surface area contributed by atoms with Crippen LogP contribution in [0.25, 0.3) is 0 Å². The fraction of sp³-hybridized carbons (Fsp3) is 0. The van der Waals surface area contributed by atoms with E-state index >= 15 is 0 Å². The molecule has 0 atom stereocenters. The van der Waals surface area contributed by atoms with Gasteiger partial charge in [0.2, 0.25) is 0 Å². The van der Waals surface area contributed by atoms with E-state index in [1.54, 1.807) is 0 Å². The van der Waals surface area contributed by atoms with Gasteiger partial charge in [-0.15, -0.1) is 0 Å². The quantitative estimate of drug-likeness (QED) is 0.107. The molecule has 76 heavy (non-hydrogen) atoms. The molecule has 0 nitrogen and oxygen atoms in total. The van der Waals surface area contributed by atoms with Crippen molar-refractivity contribution >= 4 is 84.0 Å². The smallest absolute Gasteiger partial charge is 0.195 e. The van der Waals surface area contributed by atoms with Crippen LogP contribution in [0.1, 0.15) is 0 Å². The van der Waals surface area contributed by atoms with E-state index in [9.17, 15) is 0 Å². The molecule has 0 fully saturated rings. The van der Waals surface area contributed by atoms with Crippen molar-refractivity contribution in [3.63, 3.8) is 0 Å². The van der Waals surface area contributed by atoms with Crippen LogP contribution in [0.4, 0.5) is 0 Å². The van der Waals surface area contributed by atoms with Crippen LogP contribution >= 0.6 is 0 Å². The third kappa shape index (κ3) is 10.7. The summed E-state index contributed by atoms with van der Waals surface area (Å²) in [4.78, 5) is 0. The predicted molar refractivity (Wildman–Crippen MR) is 330 cm³/mol. The average molecular weight is 1010 g/mol. The molecule has 0 amide bonds. The fourth-order valence-electron chi connectivity index (χ4n) is 12.4. The summed E-state index contributed by atoms with van der Waals surface area (Å²) in [6.07, 6.45) is -3.65. The molecule has 0 N–H and O–H groups in total. The van der Waals surface area contributed by atoms with Gasteiger partial charge in [0.15, 0.2) is 0 Å². The molecule has 0 heterocycles. The molecule has 0 aromatic heterocycles. The van der Waals surface area contributed by atoms with Gasteiger partial charge in [0.05, 0.1) is 0 Å². The van der Waals surface area contributed by atoms with E-state index in [4.69, 9.17) is 0 Å². The topological polar surface area (TPSA) is 0 Å². The van der Waals surface area contributed by atoms with Gasteiger partial charge in [0.1, 0.15) is 18.4 Å². The maximum absolute atomic E-state index is 2.26. The van der Waals surface area contributed by atoms with Crippen LogP contribution in [0.3, 0.4) is 0 Å². The minimum absolute atomic E-state index is 0. The van der Waals surface area contributed by atoms with Crippen molar-refractivity contribution in [3.05, 3.63) is 364 Å². The summed E-state index contributed by atoms with van der Waals surface area (Å²) >= 11 is 0. The second-order valence-corrected chi connectivity index (χ2v) is 19.5. The molecule has 12 aromatic carbocycles. The van der Waals surface area contributed by atoms with Crippen molar-refractivity contribution in [2.24, 2.45) is 0 Å². The number of rotatable bonds is 12. The number of hydrogen-bond donors (Lipinski definition) is 0. The molecule has 1 radical (unpaired) electrons. The largest absolute Gasteiger partial charge is 3.00 e. The Balaban J connectivity index is 0.000000138. The zero-order valence-corrected chi connectivity index (χ0v) is 44.1. The third-order valence-corrected chi connectivity index (χ3v) is 15.6. The van der Waals surface area contributed by atoms with E-state index in [-0.39, 0.29) is 17.4 Å². The van der Waals surface area contributed by atoms with Gasteiger partial charge in [-0.3, -0.25) is 0 Å². The molecule has 4 heteroatoms. The minimum atomic E-state index is -1.22. The minimum Gasteiger partial charge on any atom is -0.195 e. The van der Waals surface area contributed by atoms with Crippen molar-refractivity contribution in [1.82, 2.24) is 0 Å². The van der Waals surface area contributed by atoms with E-state index in [2.05, 4.69) is 364 Å². The Morgan fingerprint density at radius 1 is 0.105 bits per heavy atom. The first-order chi connectivity index (χ1) is 37.3. The Kier molecular flexibility index (Phi) is 17.6. The third-order valence-electron chi connectivity index (χ3n) is 15.6. The molecule has 12 aromatic rings. The summed E-state index contributed by atoms with van der Waals surface area (Å²) in [5.74, 6) is 0. The molecular formula is C72H60B3Cr. The molecular weight excluding hydrogens is 949 g/mol. The first kappa shape index (κ1) is 52.2. The van der Waals surface area contributed by atoms with Crippen LogP contribution in [-0.2, 0) is 17.4 Å². The maximum atomic E-state index is 2.26. The molecule has 0 aliphatic rings. The first-order valence-corrected chi connectivity index (χ1v) is 26.4. The standard InChI is InChI=1S/3C24H20B.Cr/c3*1-5-13-21(14-6-1)25(22-15-7-2-8-16-22,23-17-9-3-10-18-23)24-19-11-4-12-20-24;/h3*1-20H;/q3*-1;+3. The van der Waals surface area contributed by atoms with Gasteiger partial charge < -0.3 is 0 Å². The van der Waals surface area contributed by atoms with Crippen molar-refractivity contribution < 1.29 is 17.4 Å². The van der Waals surface area contributed by atoms with Crippen LogP contribution in [0.15, 0.2) is 364 Å².